The smallest absolute Gasteiger partial charge is 0.128 e. The highest BCUT2D eigenvalue weighted by Gasteiger charge is 2.23. The number of rotatable bonds is 2. The summed E-state index contributed by atoms with van der Waals surface area (Å²) in [5.74, 6) is 1.70. The molecule has 1 unspecified atom stereocenters. The summed E-state index contributed by atoms with van der Waals surface area (Å²) < 4.78 is 11.7. The molecule has 1 aliphatic heterocycles. The van der Waals surface area contributed by atoms with Gasteiger partial charge in [0.1, 0.15) is 11.5 Å². The van der Waals surface area contributed by atoms with Gasteiger partial charge in [-0.05, 0) is 44.2 Å². The molecule has 0 spiro atoms. The van der Waals surface area contributed by atoms with Crippen molar-refractivity contribution >= 4 is 0 Å². The van der Waals surface area contributed by atoms with Gasteiger partial charge in [0.15, 0.2) is 0 Å². The van der Waals surface area contributed by atoms with E-state index in [2.05, 4.69) is 0 Å². The minimum absolute atomic E-state index is 0.357. The first-order valence-electron chi connectivity index (χ1n) is 6.86. The first-order chi connectivity index (χ1) is 8.74. The maximum absolute atomic E-state index is 9.94. The van der Waals surface area contributed by atoms with Gasteiger partial charge in [-0.2, -0.15) is 0 Å². The molecule has 1 heterocycles. The fraction of sp³-hybridized carbons (Fsp3) is 0.600. The fourth-order valence-corrected chi connectivity index (χ4v) is 2.83. The molecule has 0 radical (unpaired) electrons. The first-order valence-corrected chi connectivity index (χ1v) is 6.86. The summed E-state index contributed by atoms with van der Waals surface area (Å²) in [7, 11) is 0. The van der Waals surface area contributed by atoms with Crippen molar-refractivity contribution in [1.29, 1.82) is 0 Å². The molecule has 1 aromatic carbocycles. The molecule has 98 valence electrons. The highest BCUT2D eigenvalue weighted by Crippen LogP contribution is 2.38. The second-order valence-corrected chi connectivity index (χ2v) is 5.33. The molecular formula is C15H20O3. The summed E-state index contributed by atoms with van der Waals surface area (Å²) in [4.78, 5) is 0. The first kappa shape index (κ1) is 11.8. The molecule has 1 atom stereocenters. The summed E-state index contributed by atoms with van der Waals surface area (Å²) in [5.41, 5.74) is 1.99. The lowest BCUT2D eigenvalue weighted by Gasteiger charge is -2.24. The zero-order valence-corrected chi connectivity index (χ0v) is 10.8. The molecule has 0 amide bonds. The van der Waals surface area contributed by atoms with Crippen molar-refractivity contribution in [3.63, 3.8) is 0 Å². The van der Waals surface area contributed by atoms with E-state index in [-0.39, 0.29) is 0 Å². The van der Waals surface area contributed by atoms with E-state index in [1.807, 2.05) is 19.1 Å². The molecule has 1 N–H and O–H groups in total. The lowest BCUT2D eigenvalue weighted by atomic mass is 10.0. The third kappa shape index (κ3) is 2.19. The van der Waals surface area contributed by atoms with Crippen LogP contribution in [-0.2, 0) is 0 Å². The molecule has 1 aromatic rings. The zero-order valence-electron chi connectivity index (χ0n) is 10.8. The van der Waals surface area contributed by atoms with Crippen molar-refractivity contribution < 1.29 is 14.6 Å². The largest absolute Gasteiger partial charge is 0.493 e. The highest BCUT2D eigenvalue weighted by molar-refractivity contribution is 5.48. The molecule has 0 aromatic heterocycles. The van der Waals surface area contributed by atoms with Gasteiger partial charge in [0.2, 0.25) is 0 Å². The van der Waals surface area contributed by atoms with E-state index in [1.165, 1.54) is 12.8 Å². The Hall–Kier alpha value is -1.22. The summed E-state index contributed by atoms with van der Waals surface area (Å²) in [5, 5.41) is 9.94. The zero-order chi connectivity index (χ0) is 12.5. The molecule has 1 saturated carbocycles. The standard InChI is InChI=1S/C15H20O3/c1-10-8-12-13(16)6-7-17-15(12)9-14(10)18-11-4-2-3-5-11/h8-9,11,13,16H,2-7H2,1H3. The van der Waals surface area contributed by atoms with E-state index in [9.17, 15) is 5.11 Å². The number of ether oxygens (including phenoxy) is 2. The maximum Gasteiger partial charge on any atom is 0.128 e. The Bertz CT molecular complexity index is 436. The van der Waals surface area contributed by atoms with Crippen LogP contribution in [0.4, 0.5) is 0 Å². The number of benzene rings is 1. The average Bonchev–Trinajstić information content (AvgIpc) is 2.84. The second kappa shape index (κ2) is 4.81. The van der Waals surface area contributed by atoms with E-state index in [4.69, 9.17) is 9.47 Å². The van der Waals surface area contributed by atoms with Crippen LogP contribution in [0.15, 0.2) is 12.1 Å². The van der Waals surface area contributed by atoms with Crippen molar-refractivity contribution in [1.82, 2.24) is 0 Å². The Kier molecular flexibility index (Phi) is 3.16. The van der Waals surface area contributed by atoms with Crippen LogP contribution < -0.4 is 9.47 Å². The topological polar surface area (TPSA) is 38.7 Å². The van der Waals surface area contributed by atoms with E-state index in [0.717, 1.165) is 35.5 Å². The van der Waals surface area contributed by atoms with Crippen molar-refractivity contribution in [3.05, 3.63) is 23.3 Å². The maximum atomic E-state index is 9.94. The summed E-state index contributed by atoms with van der Waals surface area (Å²) in [6, 6.07) is 3.95. The van der Waals surface area contributed by atoms with Crippen LogP contribution in [0.5, 0.6) is 11.5 Å². The molecule has 3 heteroatoms. The van der Waals surface area contributed by atoms with E-state index < -0.39 is 6.10 Å². The van der Waals surface area contributed by atoms with Crippen LogP contribution in [-0.4, -0.2) is 17.8 Å². The van der Waals surface area contributed by atoms with Crippen LogP contribution in [0.1, 0.15) is 49.3 Å². The minimum Gasteiger partial charge on any atom is -0.493 e. The Morgan fingerprint density at radius 3 is 2.78 bits per heavy atom. The normalized spacial score (nSPS) is 23.6. The Morgan fingerprint density at radius 2 is 2.00 bits per heavy atom. The lowest BCUT2D eigenvalue weighted by molar-refractivity contribution is 0.114. The second-order valence-electron chi connectivity index (χ2n) is 5.33. The van der Waals surface area contributed by atoms with E-state index in [0.29, 0.717) is 19.1 Å². The van der Waals surface area contributed by atoms with E-state index in [1.54, 1.807) is 0 Å². The van der Waals surface area contributed by atoms with Gasteiger partial charge >= 0.3 is 0 Å². The van der Waals surface area contributed by atoms with Gasteiger partial charge in [-0.3, -0.25) is 0 Å². The van der Waals surface area contributed by atoms with Crippen LogP contribution in [0.3, 0.4) is 0 Å². The fourth-order valence-electron chi connectivity index (χ4n) is 2.83. The third-order valence-corrected chi connectivity index (χ3v) is 3.91. The predicted molar refractivity (Wildman–Crippen MR) is 69.1 cm³/mol. The number of aliphatic hydroxyl groups excluding tert-OH is 1. The molecule has 2 aliphatic rings. The van der Waals surface area contributed by atoms with Crippen LogP contribution in [0, 0.1) is 6.92 Å². The number of hydrogen-bond acceptors (Lipinski definition) is 3. The van der Waals surface area contributed by atoms with Gasteiger partial charge in [0, 0.05) is 18.1 Å². The van der Waals surface area contributed by atoms with Crippen LogP contribution in [0.2, 0.25) is 0 Å². The molecule has 3 nitrogen and oxygen atoms in total. The molecule has 1 aliphatic carbocycles. The number of aryl methyl sites for hydroxylation is 1. The van der Waals surface area contributed by atoms with Gasteiger partial charge in [0.05, 0.1) is 18.8 Å². The SMILES string of the molecule is Cc1cc2c(cc1OC1CCCC1)OCCC2O. The predicted octanol–water partition coefficient (Wildman–Crippen LogP) is 3.13. The van der Waals surface area contributed by atoms with Gasteiger partial charge in [-0.15, -0.1) is 0 Å². The third-order valence-electron chi connectivity index (χ3n) is 3.91. The molecule has 0 bridgehead atoms. The summed E-state index contributed by atoms with van der Waals surface area (Å²) in [6.45, 7) is 2.62. The Balaban J connectivity index is 1.86. The summed E-state index contributed by atoms with van der Waals surface area (Å²) in [6.07, 6.45) is 5.48. The highest BCUT2D eigenvalue weighted by atomic mass is 16.5. The van der Waals surface area contributed by atoms with Crippen LogP contribution >= 0.6 is 0 Å². The molecule has 18 heavy (non-hydrogen) atoms. The van der Waals surface area contributed by atoms with Gasteiger partial charge in [-0.1, -0.05) is 0 Å². The molecule has 1 fully saturated rings. The van der Waals surface area contributed by atoms with Crippen molar-refractivity contribution in [2.45, 2.75) is 51.2 Å². The molecular weight excluding hydrogens is 228 g/mol. The number of aliphatic hydroxyl groups is 1. The lowest BCUT2D eigenvalue weighted by Crippen LogP contribution is -2.16. The Morgan fingerprint density at radius 1 is 1.22 bits per heavy atom. The van der Waals surface area contributed by atoms with Gasteiger partial charge in [-0.25, -0.2) is 0 Å². The van der Waals surface area contributed by atoms with Crippen LogP contribution in [0.25, 0.3) is 0 Å². The summed E-state index contributed by atoms with van der Waals surface area (Å²) >= 11 is 0. The van der Waals surface area contributed by atoms with Crippen molar-refractivity contribution in [3.8, 4) is 11.5 Å². The molecule has 3 rings (SSSR count). The Labute approximate surface area is 108 Å². The monoisotopic (exact) mass is 248 g/mol. The number of hydrogen-bond donors (Lipinski definition) is 1. The minimum atomic E-state index is -0.395. The van der Waals surface area contributed by atoms with Crippen molar-refractivity contribution in [2.24, 2.45) is 0 Å². The average molecular weight is 248 g/mol. The number of fused-ring (bicyclic) bond motifs is 1. The van der Waals surface area contributed by atoms with Crippen molar-refractivity contribution in [2.75, 3.05) is 6.61 Å². The van der Waals surface area contributed by atoms with E-state index >= 15 is 0 Å². The quantitative estimate of drug-likeness (QED) is 0.874. The van der Waals surface area contributed by atoms with Gasteiger partial charge < -0.3 is 14.6 Å². The molecule has 0 saturated heterocycles. The van der Waals surface area contributed by atoms with Gasteiger partial charge in [0.25, 0.3) is 0 Å².